The Bertz CT molecular complexity index is 106. The standard InChI is InChI=1S/C8H17N.C2H4/c1-6-4-5-7(9)8(6,2)3;1-2/h6-7H,4-5,9H2,1-3H3;1-2H2/t6-,7+;/m0./s1. The van der Waals surface area contributed by atoms with Crippen molar-refractivity contribution in [2.24, 2.45) is 17.1 Å². The summed E-state index contributed by atoms with van der Waals surface area (Å²) in [5.41, 5.74) is 6.29. The van der Waals surface area contributed by atoms with Crippen LogP contribution in [-0.2, 0) is 0 Å². The maximum atomic E-state index is 5.90. The summed E-state index contributed by atoms with van der Waals surface area (Å²) >= 11 is 0. The molecule has 1 rings (SSSR count). The van der Waals surface area contributed by atoms with Gasteiger partial charge in [-0.05, 0) is 24.2 Å². The van der Waals surface area contributed by atoms with Crippen molar-refractivity contribution in [3.63, 3.8) is 0 Å². The highest BCUT2D eigenvalue weighted by atomic mass is 14.7. The topological polar surface area (TPSA) is 26.0 Å². The zero-order valence-corrected chi connectivity index (χ0v) is 8.06. The van der Waals surface area contributed by atoms with Crippen molar-refractivity contribution in [2.45, 2.75) is 39.7 Å². The smallest absolute Gasteiger partial charge is 0.00929 e. The van der Waals surface area contributed by atoms with E-state index < -0.39 is 0 Å². The van der Waals surface area contributed by atoms with Crippen molar-refractivity contribution >= 4 is 0 Å². The van der Waals surface area contributed by atoms with Gasteiger partial charge in [0.05, 0.1) is 0 Å². The lowest BCUT2D eigenvalue weighted by molar-refractivity contribution is 0.250. The molecule has 0 radical (unpaired) electrons. The maximum absolute atomic E-state index is 5.90. The summed E-state index contributed by atoms with van der Waals surface area (Å²) < 4.78 is 0. The van der Waals surface area contributed by atoms with Crippen LogP contribution in [-0.4, -0.2) is 6.04 Å². The Morgan fingerprint density at radius 1 is 1.27 bits per heavy atom. The molecule has 1 heteroatoms. The molecule has 0 saturated heterocycles. The second kappa shape index (κ2) is 3.91. The highest BCUT2D eigenvalue weighted by Gasteiger charge is 2.37. The van der Waals surface area contributed by atoms with Gasteiger partial charge < -0.3 is 5.73 Å². The van der Waals surface area contributed by atoms with Crippen LogP contribution >= 0.6 is 0 Å². The average Bonchev–Trinajstić information content (AvgIpc) is 2.21. The van der Waals surface area contributed by atoms with Crippen LogP contribution in [0.2, 0.25) is 0 Å². The number of hydrogen-bond donors (Lipinski definition) is 1. The molecule has 1 nitrogen and oxygen atoms in total. The van der Waals surface area contributed by atoms with Crippen molar-refractivity contribution in [2.75, 3.05) is 0 Å². The quantitative estimate of drug-likeness (QED) is 0.535. The van der Waals surface area contributed by atoms with Crippen molar-refractivity contribution in [3.05, 3.63) is 13.2 Å². The van der Waals surface area contributed by atoms with E-state index in [4.69, 9.17) is 5.73 Å². The molecule has 1 saturated carbocycles. The summed E-state index contributed by atoms with van der Waals surface area (Å²) in [5, 5.41) is 0. The summed E-state index contributed by atoms with van der Waals surface area (Å²) in [7, 11) is 0. The normalized spacial score (nSPS) is 34.2. The Labute approximate surface area is 70.7 Å². The van der Waals surface area contributed by atoms with E-state index in [0.29, 0.717) is 11.5 Å². The minimum atomic E-state index is 0.389. The van der Waals surface area contributed by atoms with Crippen molar-refractivity contribution in [1.82, 2.24) is 0 Å². The second-order valence-electron chi connectivity index (χ2n) is 3.91. The van der Waals surface area contributed by atoms with Gasteiger partial charge in [0.2, 0.25) is 0 Å². The first-order valence-corrected chi connectivity index (χ1v) is 4.30. The van der Waals surface area contributed by atoms with Gasteiger partial charge in [-0.15, -0.1) is 13.2 Å². The van der Waals surface area contributed by atoms with Gasteiger partial charge in [-0.1, -0.05) is 20.8 Å². The Hall–Kier alpha value is -0.300. The van der Waals surface area contributed by atoms with Gasteiger partial charge in [0, 0.05) is 6.04 Å². The predicted molar refractivity (Wildman–Crippen MR) is 51.4 cm³/mol. The molecule has 0 aromatic heterocycles. The number of nitrogens with two attached hydrogens (primary N) is 1. The van der Waals surface area contributed by atoms with Gasteiger partial charge in [-0.25, -0.2) is 0 Å². The number of rotatable bonds is 0. The van der Waals surface area contributed by atoms with E-state index in [0.717, 1.165) is 5.92 Å². The molecular formula is C10H21N. The van der Waals surface area contributed by atoms with Crippen LogP contribution in [0.15, 0.2) is 13.2 Å². The minimum absolute atomic E-state index is 0.389. The zero-order chi connectivity index (χ0) is 9.07. The summed E-state index contributed by atoms with van der Waals surface area (Å²) in [4.78, 5) is 0. The van der Waals surface area contributed by atoms with E-state index in [1.807, 2.05) is 0 Å². The van der Waals surface area contributed by atoms with Crippen LogP contribution in [0.4, 0.5) is 0 Å². The summed E-state index contributed by atoms with van der Waals surface area (Å²) in [6, 6.07) is 0.437. The lowest BCUT2D eigenvalue weighted by atomic mass is 9.81. The molecule has 2 atom stereocenters. The first kappa shape index (κ1) is 10.7. The van der Waals surface area contributed by atoms with E-state index in [1.165, 1.54) is 12.8 Å². The SMILES string of the molecule is C=C.C[C@H]1CC[C@@H](N)C1(C)C. The van der Waals surface area contributed by atoms with Gasteiger partial charge in [0.25, 0.3) is 0 Å². The van der Waals surface area contributed by atoms with Crippen molar-refractivity contribution in [3.8, 4) is 0 Å². The zero-order valence-electron chi connectivity index (χ0n) is 8.06. The first-order chi connectivity index (χ1) is 5.05. The van der Waals surface area contributed by atoms with E-state index in [2.05, 4.69) is 33.9 Å². The third-order valence-corrected chi connectivity index (χ3v) is 3.14. The third kappa shape index (κ3) is 2.06. The molecule has 0 amide bonds. The molecule has 0 heterocycles. The van der Waals surface area contributed by atoms with Crippen molar-refractivity contribution < 1.29 is 0 Å². The molecule has 1 fully saturated rings. The molecule has 0 aromatic carbocycles. The monoisotopic (exact) mass is 155 g/mol. The van der Waals surface area contributed by atoms with Gasteiger partial charge in [-0.2, -0.15) is 0 Å². The van der Waals surface area contributed by atoms with Crippen LogP contribution in [0.5, 0.6) is 0 Å². The Morgan fingerprint density at radius 3 is 1.82 bits per heavy atom. The molecule has 66 valence electrons. The van der Waals surface area contributed by atoms with Crippen LogP contribution in [0.1, 0.15) is 33.6 Å². The summed E-state index contributed by atoms with van der Waals surface area (Å²) in [6.07, 6.45) is 2.53. The Balaban J connectivity index is 0.000000461. The average molecular weight is 155 g/mol. The van der Waals surface area contributed by atoms with Gasteiger partial charge in [-0.3, -0.25) is 0 Å². The third-order valence-electron chi connectivity index (χ3n) is 3.14. The predicted octanol–water partition coefficient (Wildman–Crippen LogP) is 2.57. The lowest BCUT2D eigenvalue weighted by Crippen LogP contribution is -2.34. The van der Waals surface area contributed by atoms with E-state index in [9.17, 15) is 0 Å². The maximum Gasteiger partial charge on any atom is 0.00929 e. The molecule has 0 aliphatic heterocycles. The minimum Gasteiger partial charge on any atom is -0.327 e. The molecule has 0 spiro atoms. The summed E-state index contributed by atoms with van der Waals surface area (Å²) in [6.45, 7) is 12.8. The fraction of sp³-hybridized carbons (Fsp3) is 0.800. The molecule has 0 unspecified atom stereocenters. The number of hydrogen-bond acceptors (Lipinski definition) is 1. The van der Waals surface area contributed by atoms with E-state index in [-0.39, 0.29) is 0 Å². The molecule has 0 aromatic rings. The van der Waals surface area contributed by atoms with Gasteiger partial charge in [0.1, 0.15) is 0 Å². The lowest BCUT2D eigenvalue weighted by Gasteiger charge is -2.28. The van der Waals surface area contributed by atoms with Crippen LogP contribution in [0.25, 0.3) is 0 Å². The van der Waals surface area contributed by atoms with Crippen LogP contribution in [0, 0.1) is 11.3 Å². The van der Waals surface area contributed by atoms with E-state index >= 15 is 0 Å². The van der Waals surface area contributed by atoms with Gasteiger partial charge >= 0.3 is 0 Å². The molecule has 0 bridgehead atoms. The molecule has 11 heavy (non-hydrogen) atoms. The highest BCUT2D eigenvalue weighted by Crippen LogP contribution is 2.40. The molecule has 2 N–H and O–H groups in total. The molecule has 1 aliphatic rings. The fourth-order valence-corrected chi connectivity index (χ4v) is 1.54. The summed E-state index contributed by atoms with van der Waals surface area (Å²) in [5.74, 6) is 0.812. The van der Waals surface area contributed by atoms with Gasteiger partial charge in [0.15, 0.2) is 0 Å². The second-order valence-corrected chi connectivity index (χ2v) is 3.91. The van der Waals surface area contributed by atoms with Crippen molar-refractivity contribution in [1.29, 1.82) is 0 Å². The van der Waals surface area contributed by atoms with E-state index in [1.54, 1.807) is 0 Å². The Morgan fingerprint density at radius 2 is 1.73 bits per heavy atom. The molecule has 1 aliphatic carbocycles. The molecular weight excluding hydrogens is 134 g/mol. The highest BCUT2D eigenvalue weighted by molar-refractivity contribution is 4.92. The Kier molecular flexibility index (Phi) is 3.81. The fourth-order valence-electron chi connectivity index (χ4n) is 1.54. The van der Waals surface area contributed by atoms with Crippen LogP contribution in [0.3, 0.4) is 0 Å². The van der Waals surface area contributed by atoms with Crippen LogP contribution < -0.4 is 5.73 Å². The largest absolute Gasteiger partial charge is 0.327 e. The first-order valence-electron chi connectivity index (χ1n) is 4.30.